The van der Waals surface area contributed by atoms with E-state index in [1.807, 2.05) is 84.9 Å². The summed E-state index contributed by atoms with van der Waals surface area (Å²) in [7, 11) is 0. The molecule has 4 aromatic carbocycles. The molecule has 0 aliphatic carbocycles. The van der Waals surface area contributed by atoms with Gasteiger partial charge in [0.1, 0.15) is 21.5 Å². The predicted molar refractivity (Wildman–Crippen MR) is 145 cm³/mol. The van der Waals surface area contributed by atoms with Gasteiger partial charge in [-0.1, -0.05) is 108 Å². The minimum Gasteiger partial charge on any atom is -0.507 e. The van der Waals surface area contributed by atoms with Crippen molar-refractivity contribution in [2.75, 3.05) is 0 Å². The van der Waals surface area contributed by atoms with Crippen molar-refractivity contribution in [2.24, 2.45) is 0 Å². The van der Waals surface area contributed by atoms with Gasteiger partial charge in [-0.25, -0.2) is 0 Å². The average Bonchev–Trinajstić information content (AvgIpc) is 3.62. The summed E-state index contributed by atoms with van der Waals surface area (Å²) in [5.74, 6) is 0.460. The molecular formula is C28H20N4O2S2Zn. The molecule has 2 heterocycles. The van der Waals surface area contributed by atoms with Gasteiger partial charge in [0.25, 0.3) is 0 Å². The van der Waals surface area contributed by atoms with Gasteiger partial charge in [-0.2, -0.15) is 0 Å². The van der Waals surface area contributed by atoms with E-state index in [0.717, 1.165) is 42.3 Å². The van der Waals surface area contributed by atoms with Crippen molar-refractivity contribution in [1.82, 2.24) is 20.4 Å². The number of hydrogen-bond donors (Lipinski definition) is 2. The molecule has 37 heavy (non-hydrogen) atoms. The first kappa shape index (κ1) is 26.3. The third-order valence-electron chi connectivity index (χ3n) is 5.16. The summed E-state index contributed by atoms with van der Waals surface area (Å²) in [6.45, 7) is 0. The van der Waals surface area contributed by atoms with Crippen LogP contribution in [0.1, 0.15) is 0 Å². The molecule has 2 aromatic heterocycles. The fourth-order valence-corrected chi connectivity index (χ4v) is 5.13. The Bertz CT molecular complexity index is 1450. The normalized spacial score (nSPS) is 10.2. The summed E-state index contributed by atoms with van der Waals surface area (Å²) >= 11 is 2.94. The molecule has 0 fully saturated rings. The van der Waals surface area contributed by atoms with E-state index in [-0.39, 0.29) is 31.0 Å². The molecule has 0 aliphatic rings. The van der Waals surface area contributed by atoms with Crippen LogP contribution in [0, 0.1) is 0 Å². The van der Waals surface area contributed by atoms with Crippen molar-refractivity contribution in [3.63, 3.8) is 0 Å². The van der Waals surface area contributed by atoms with Gasteiger partial charge in [-0.3, -0.25) is 0 Å². The van der Waals surface area contributed by atoms with E-state index in [1.165, 1.54) is 22.7 Å². The molecule has 178 valence electrons. The standard InChI is InChI=1S/2C14H10N2OS.Zn/c2*17-12-9-5-4-8-11(12)14-16-15-13(18-14)10-6-2-1-3-7-10;/h2*1-9,17H;. The van der Waals surface area contributed by atoms with E-state index < -0.39 is 0 Å². The van der Waals surface area contributed by atoms with Gasteiger partial charge in [-0.15, -0.1) is 20.4 Å². The van der Waals surface area contributed by atoms with Crippen molar-refractivity contribution >= 4 is 22.7 Å². The molecule has 0 atom stereocenters. The van der Waals surface area contributed by atoms with Gasteiger partial charge in [0, 0.05) is 30.6 Å². The van der Waals surface area contributed by atoms with Crippen LogP contribution in [-0.2, 0) is 19.5 Å². The number of aromatic hydroxyl groups is 2. The van der Waals surface area contributed by atoms with E-state index in [9.17, 15) is 10.2 Å². The van der Waals surface area contributed by atoms with E-state index in [0.29, 0.717) is 0 Å². The molecule has 0 saturated carbocycles. The second kappa shape index (κ2) is 12.5. The van der Waals surface area contributed by atoms with Gasteiger partial charge in [-0.05, 0) is 24.3 Å². The van der Waals surface area contributed by atoms with E-state index in [4.69, 9.17) is 0 Å². The maximum Gasteiger partial charge on any atom is 0.151 e. The first-order chi connectivity index (χ1) is 17.7. The largest absolute Gasteiger partial charge is 0.507 e. The van der Waals surface area contributed by atoms with E-state index >= 15 is 0 Å². The monoisotopic (exact) mass is 572 g/mol. The SMILES string of the molecule is Oc1ccccc1-c1nnc(-c2ccccc2)s1.Oc1ccccc1-c1nnc(-c2ccccc2)s1.[Zn]. The van der Waals surface area contributed by atoms with Crippen LogP contribution >= 0.6 is 22.7 Å². The quantitative estimate of drug-likeness (QED) is 0.218. The molecule has 0 bridgehead atoms. The summed E-state index contributed by atoms with van der Waals surface area (Å²) in [5.41, 5.74) is 3.52. The second-order valence-electron chi connectivity index (χ2n) is 7.59. The molecule has 2 N–H and O–H groups in total. The molecule has 9 heteroatoms. The Morgan fingerprint density at radius 2 is 0.730 bits per heavy atom. The van der Waals surface area contributed by atoms with Crippen LogP contribution in [0.2, 0.25) is 0 Å². The molecule has 0 unspecified atom stereocenters. The Labute approximate surface area is 234 Å². The Morgan fingerprint density at radius 1 is 0.405 bits per heavy atom. The molecule has 0 spiro atoms. The number of aromatic nitrogens is 4. The summed E-state index contributed by atoms with van der Waals surface area (Å²) < 4.78 is 0. The van der Waals surface area contributed by atoms with Crippen molar-refractivity contribution in [3.05, 3.63) is 109 Å². The molecule has 0 radical (unpaired) electrons. The van der Waals surface area contributed by atoms with Gasteiger partial charge < -0.3 is 10.2 Å². The molecule has 0 aliphatic heterocycles. The topological polar surface area (TPSA) is 92.0 Å². The van der Waals surface area contributed by atoms with Crippen molar-refractivity contribution < 1.29 is 29.7 Å². The predicted octanol–water partition coefficient (Wildman–Crippen LogP) is 7.15. The zero-order valence-electron chi connectivity index (χ0n) is 19.6. The van der Waals surface area contributed by atoms with Gasteiger partial charge in [0.15, 0.2) is 10.0 Å². The van der Waals surface area contributed by atoms with Crippen LogP contribution in [0.5, 0.6) is 11.5 Å². The maximum atomic E-state index is 9.78. The number of rotatable bonds is 4. The molecule has 0 saturated heterocycles. The number of nitrogens with zero attached hydrogens (tertiary/aromatic N) is 4. The summed E-state index contributed by atoms with van der Waals surface area (Å²) in [6.07, 6.45) is 0. The minimum atomic E-state index is 0. The summed E-state index contributed by atoms with van der Waals surface area (Å²) in [4.78, 5) is 0. The van der Waals surface area contributed by atoms with E-state index in [2.05, 4.69) is 20.4 Å². The number of hydrogen-bond acceptors (Lipinski definition) is 8. The van der Waals surface area contributed by atoms with Crippen molar-refractivity contribution in [2.45, 2.75) is 0 Å². The number of para-hydroxylation sites is 2. The number of benzene rings is 4. The molecular weight excluding hydrogens is 554 g/mol. The van der Waals surface area contributed by atoms with Crippen molar-refractivity contribution in [3.8, 4) is 53.8 Å². The average molecular weight is 574 g/mol. The van der Waals surface area contributed by atoms with Crippen molar-refractivity contribution in [1.29, 1.82) is 0 Å². The van der Waals surface area contributed by atoms with Crippen LogP contribution in [0.15, 0.2) is 109 Å². The fourth-order valence-electron chi connectivity index (χ4n) is 3.37. The van der Waals surface area contributed by atoms with Gasteiger partial charge >= 0.3 is 0 Å². The summed E-state index contributed by atoms with van der Waals surface area (Å²) in [6, 6.07) is 34.1. The minimum absolute atomic E-state index is 0. The first-order valence-corrected chi connectivity index (χ1v) is 12.7. The van der Waals surface area contributed by atoms with E-state index in [1.54, 1.807) is 24.3 Å². The van der Waals surface area contributed by atoms with Crippen LogP contribution in [0.4, 0.5) is 0 Å². The maximum absolute atomic E-state index is 9.78. The number of phenolic OH excluding ortho intramolecular Hbond substituents is 2. The van der Waals surface area contributed by atoms with Crippen LogP contribution in [0.3, 0.4) is 0 Å². The molecule has 6 aromatic rings. The van der Waals surface area contributed by atoms with Crippen LogP contribution in [0.25, 0.3) is 42.3 Å². The Kier molecular flexibility index (Phi) is 8.85. The molecule has 6 nitrogen and oxygen atoms in total. The third-order valence-corrected chi connectivity index (χ3v) is 7.17. The molecule has 0 amide bonds. The second-order valence-corrected chi connectivity index (χ2v) is 9.55. The Morgan fingerprint density at radius 3 is 1.11 bits per heavy atom. The Balaban J connectivity index is 0.000000168. The number of phenols is 2. The van der Waals surface area contributed by atoms with Gasteiger partial charge in [0.2, 0.25) is 0 Å². The van der Waals surface area contributed by atoms with Crippen LogP contribution < -0.4 is 0 Å². The smallest absolute Gasteiger partial charge is 0.151 e. The zero-order chi connectivity index (χ0) is 24.7. The Hall–Kier alpha value is -3.78. The third kappa shape index (κ3) is 6.32. The molecule has 6 rings (SSSR count). The first-order valence-electron chi connectivity index (χ1n) is 11.0. The van der Waals surface area contributed by atoms with Gasteiger partial charge in [0.05, 0.1) is 11.1 Å². The fraction of sp³-hybridized carbons (Fsp3) is 0. The summed E-state index contributed by atoms with van der Waals surface area (Å²) in [5, 5.41) is 39.3. The zero-order valence-corrected chi connectivity index (χ0v) is 24.2. The van der Waals surface area contributed by atoms with Crippen LogP contribution in [-0.4, -0.2) is 30.6 Å².